The predicted octanol–water partition coefficient (Wildman–Crippen LogP) is 1.97. The molecule has 9 heteroatoms. The third kappa shape index (κ3) is 4.72. The molecule has 0 saturated carbocycles. The van der Waals surface area contributed by atoms with E-state index in [-0.39, 0.29) is 13.0 Å². The number of nitrogens with zero attached hydrogens (tertiary/aromatic N) is 1. The highest BCUT2D eigenvalue weighted by Gasteiger charge is 2.63. The molecule has 194 valence electrons. The second-order valence-electron chi connectivity index (χ2n) is 10.8. The number of quaternary nitrogens is 1. The first-order chi connectivity index (χ1) is 16.9. The fourth-order valence-corrected chi connectivity index (χ4v) is 7.08. The smallest absolute Gasteiger partial charge is 0.339 e. The van der Waals surface area contributed by atoms with E-state index in [9.17, 15) is 18.0 Å². The molecule has 4 rings (SSSR count). The number of rotatable bonds is 7. The lowest BCUT2D eigenvalue weighted by Crippen LogP contribution is -2.66. The van der Waals surface area contributed by atoms with E-state index in [0.29, 0.717) is 12.1 Å². The molecule has 0 aliphatic carbocycles. The molecule has 8 nitrogen and oxygen atoms in total. The standard InChI is InChI=1S/C27H36N4O4S/c1-26(2,28)25(33)30-22(14-13-20-9-5-4-6-10-20)24(32)31(36(3,34)35)19-27(15-17-29-18-16-27)21-11-7-8-12-23(21)31/h4-12,22,29H,13-19,28H2,1-3H3/p+1/t22-,31?/m1/s1. The van der Waals surface area contributed by atoms with Gasteiger partial charge in [0, 0.05) is 11.6 Å². The van der Waals surface area contributed by atoms with Gasteiger partial charge in [-0.1, -0.05) is 48.5 Å². The van der Waals surface area contributed by atoms with E-state index in [0.717, 1.165) is 43.3 Å². The second-order valence-corrected chi connectivity index (χ2v) is 12.9. The SMILES string of the molecule is CC(C)(N)C(=O)N[C@H](CCc1ccccc1)C(=O)[N+]1(S(C)(=O)=O)CC2(CCNCC2)c2ccccc21. The molecule has 2 aliphatic rings. The summed E-state index contributed by atoms with van der Waals surface area (Å²) in [4.78, 5) is 27.5. The van der Waals surface area contributed by atoms with Gasteiger partial charge in [-0.3, -0.25) is 4.79 Å². The molecule has 2 aromatic carbocycles. The van der Waals surface area contributed by atoms with Crippen molar-refractivity contribution in [1.82, 2.24) is 14.5 Å². The summed E-state index contributed by atoms with van der Waals surface area (Å²) < 4.78 is 26.5. The summed E-state index contributed by atoms with van der Waals surface area (Å²) in [5, 5.41) is 6.17. The first-order valence-electron chi connectivity index (χ1n) is 12.5. The van der Waals surface area contributed by atoms with Crippen LogP contribution in [0.3, 0.4) is 0 Å². The van der Waals surface area contributed by atoms with Gasteiger partial charge in [0.05, 0.1) is 17.2 Å². The largest absolute Gasteiger partial charge is 0.356 e. The summed E-state index contributed by atoms with van der Waals surface area (Å²) in [7, 11) is -3.97. The number of carbonyl (C=O) groups is 2. The molecule has 2 heterocycles. The summed E-state index contributed by atoms with van der Waals surface area (Å²) in [6.07, 6.45) is 3.37. The number of carbonyl (C=O) groups excluding carboxylic acids is 2. The average molecular weight is 514 g/mol. The van der Waals surface area contributed by atoms with Crippen LogP contribution < -0.4 is 20.3 Å². The van der Waals surface area contributed by atoms with Crippen LogP contribution in [-0.4, -0.2) is 57.7 Å². The molecule has 0 radical (unpaired) electrons. The topological polar surface area (TPSA) is 118 Å². The summed E-state index contributed by atoms with van der Waals surface area (Å²) in [6.45, 7) is 4.77. The highest BCUT2D eigenvalue weighted by molar-refractivity contribution is 7.90. The van der Waals surface area contributed by atoms with Crippen LogP contribution >= 0.6 is 0 Å². The maximum absolute atomic E-state index is 14.5. The van der Waals surface area contributed by atoms with Crippen LogP contribution in [0.4, 0.5) is 5.69 Å². The number of benzene rings is 2. The van der Waals surface area contributed by atoms with E-state index in [1.165, 1.54) is 0 Å². The van der Waals surface area contributed by atoms with Crippen molar-refractivity contribution in [2.45, 2.75) is 56.5 Å². The molecule has 36 heavy (non-hydrogen) atoms. The molecule has 1 fully saturated rings. The van der Waals surface area contributed by atoms with Gasteiger partial charge in [0.2, 0.25) is 5.91 Å². The highest BCUT2D eigenvalue weighted by atomic mass is 32.2. The van der Waals surface area contributed by atoms with Crippen LogP contribution in [0.15, 0.2) is 54.6 Å². The summed E-state index contributed by atoms with van der Waals surface area (Å²) in [5.74, 6) is -1.03. The maximum Gasteiger partial charge on any atom is 0.356 e. The summed E-state index contributed by atoms with van der Waals surface area (Å²) >= 11 is 0. The number of piperidine rings is 1. The van der Waals surface area contributed by atoms with Gasteiger partial charge in [-0.15, -0.1) is 3.89 Å². The van der Waals surface area contributed by atoms with Gasteiger partial charge in [-0.05, 0) is 58.2 Å². The first kappa shape index (κ1) is 26.5. The van der Waals surface area contributed by atoms with Crippen molar-refractivity contribution in [1.29, 1.82) is 0 Å². The molecular formula is C27H37N4O4S+. The van der Waals surface area contributed by atoms with Crippen molar-refractivity contribution in [2.75, 3.05) is 25.9 Å². The quantitative estimate of drug-likeness (QED) is 0.487. The van der Waals surface area contributed by atoms with Crippen LogP contribution in [0.5, 0.6) is 0 Å². The third-order valence-corrected chi connectivity index (χ3v) is 9.26. The number of aryl methyl sites for hydroxylation is 1. The number of hydrogen-bond acceptors (Lipinski definition) is 6. The van der Waals surface area contributed by atoms with E-state index >= 15 is 0 Å². The molecule has 2 amide bonds. The minimum Gasteiger partial charge on any atom is -0.339 e. The van der Waals surface area contributed by atoms with Crippen LogP contribution in [0.2, 0.25) is 0 Å². The molecule has 2 aliphatic heterocycles. The van der Waals surface area contributed by atoms with E-state index < -0.39 is 42.7 Å². The van der Waals surface area contributed by atoms with E-state index in [1.54, 1.807) is 26.0 Å². The third-order valence-electron chi connectivity index (χ3n) is 7.63. The van der Waals surface area contributed by atoms with Gasteiger partial charge in [-0.2, -0.15) is 8.42 Å². The van der Waals surface area contributed by atoms with Crippen molar-refractivity contribution in [2.24, 2.45) is 5.73 Å². The van der Waals surface area contributed by atoms with E-state index in [4.69, 9.17) is 5.73 Å². The summed E-state index contributed by atoms with van der Waals surface area (Å²) in [6, 6.07) is 16.0. The maximum atomic E-state index is 14.5. The lowest BCUT2D eigenvalue weighted by atomic mass is 9.75. The number of nitrogens with one attached hydrogen (secondary N) is 2. The Hall–Kier alpha value is -2.59. The Morgan fingerprint density at radius 2 is 1.69 bits per heavy atom. The predicted molar refractivity (Wildman–Crippen MR) is 142 cm³/mol. The van der Waals surface area contributed by atoms with Gasteiger partial charge in [-0.25, -0.2) is 4.79 Å². The first-order valence-corrected chi connectivity index (χ1v) is 14.3. The van der Waals surface area contributed by atoms with Crippen molar-refractivity contribution in [3.63, 3.8) is 0 Å². The Labute approximate surface area is 213 Å². The molecule has 0 bridgehead atoms. The van der Waals surface area contributed by atoms with E-state index in [2.05, 4.69) is 10.6 Å². The molecule has 0 aromatic heterocycles. The highest BCUT2D eigenvalue weighted by Crippen LogP contribution is 2.51. The Morgan fingerprint density at radius 1 is 1.08 bits per heavy atom. The van der Waals surface area contributed by atoms with Gasteiger partial charge in [0.1, 0.15) is 12.6 Å². The molecule has 1 spiro atoms. The zero-order valence-electron chi connectivity index (χ0n) is 21.3. The minimum absolute atomic E-state index is 0.134. The molecule has 1 saturated heterocycles. The molecular weight excluding hydrogens is 476 g/mol. The van der Waals surface area contributed by atoms with E-state index in [1.807, 2.05) is 42.5 Å². The average Bonchev–Trinajstić information content (AvgIpc) is 3.13. The van der Waals surface area contributed by atoms with Crippen LogP contribution in [0.25, 0.3) is 0 Å². The molecule has 2 atom stereocenters. The normalized spacial score (nSPS) is 22.1. The Bertz CT molecular complexity index is 1230. The summed E-state index contributed by atoms with van der Waals surface area (Å²) in [5.41, 5.74) is 6.80. The Kier molecular flexibility index (Phi) is 7.13. The Balaban J connectivity index is 1.80. The molecule has 1 unspecified atom stereocenters. The second kappa shape index (κ2) is 9.70. The van der Waals surface area contributed by atoms with Gasteiger partial charge < -0.3 is 16.4 Å². The van der Waals surface area contributed by atoms with Crippen LogP contribution in [0, 0.1) is 0 Å². The van der Waals surface area contributed by atoms with Gasteiger partial charge in [0.15, 0.2) is 5.69 Å². The Morgan fingerprint density at radius 3 is 2.31 bits per heavy atom. The number of sulfonamides is 1. The van der Waals surface area contributed by atoms with Crippen molar-refractivity contribution < 1.29 is 18.0 Å². The zero-order chi connectivity index (χ0) is 26.2. The van der Waals surface area contributed by atoms with Gasteiger partial charge in [0.25, 0.3) is 0 Å². The van der Waals surface area contributed by atoms with Crippen LogP contribution in [-0.2, 0) is 31.4 Å². The molecule has 4 N–H and O–H groups in total. The van der Waals surface area contributed by atoms with Crippen molar-refractivity contribution >= 4 is 27.5 Å². The number of fused-ring (bicyclic) bond motifs is 2. The van der Waals surface area contributed by atoms with Gasteiger partial charge >= 0.3 is 15.9 Å². The minimum atomic E-state index is -3.97. The number of nitrogens with two attached hydrogens (primary N) is 1. The zero-order valence-corrected chi connectivity index (χ0v) is 22.1. The lowest BCUT2D eigenvalue weighted by molar-refractivity contribution is -0.134. The lowest BCUT2D eigenvalue weighted by Gasteiger charge is -2.37. The van der Waals surface area contributed by atoms with Crippen molar-refractivity contribution in [3.8, 4) is 0 Å². The number of hydrogen-bond donors (Lipinski definition) is 3. The fourth-order valence-electron chi connectivity index (χ4n) is 5.63. The number of para-hydroxylation sites is 1. The molecule has 2 aromatic rings. The van der Waals surface area contributed by atoms with Crippen molar-refractivity contribution in [3.05, 3.63) is 65.7 Å². The monoisotopic (exact) mass is 513 g/mol. The fraction of sp³-hybridized carbons (Fsp3) is 0.481. The van der Waals surface area contributed by atoms with Crippen LogP contribution in [0.1, 0.15) is 44.2 Å². The number of amides is 2.